The molecule has 0 radical (unpaired) electrons. The fourth-order valence-electron chi connectivity index (χ4n) is 1.98. The predicted octanol–water partition coefficient (Wildman–Crippen LogP) is 4.49. The molecule has 2 aromatic carbocycles. The maximum Gasteiger partial charge on any atom is 0.417 e. The Morgan fingerprint density at radius 1 is 1.00 bits per heavy atom. The molecule has 0 saturated carbocycles. The van der Waals surface area contributed by atoms with Gasteiger partial charge in [-0.3, -0.25) is 4.55 Å². The minimum absolute atomic E-state index is 0.122. The van der Waals surface area contributed by atoms with E-state index in [1.54, 1.807) is 0 Å². The van der Waals surface area contributed by atoms with Gasteiger partial charge >= 0.3 is 22.3 Å². The summed E-state index contributed by atoms with van der Waals surface area (Å²) in [5.41, 5.74) is -2.85. The number of benzene rings is 2. The van der Waals surface area contributed by atoms with Crippen molar-refractivity contribution < 1.29 is 53.2 Å². The van der Waals surface area contributed by atoms with Crippen LogP contribution < -0.4 is 4.74 Å². The van der Waals surface area contributed by atoms with Gasteiger partial charge < -0.3 is 4.74 Å². The van der Waals surface area contributed by atoms with E-state index in [0.717, 1.165) is 6.07 Å². The number of carbonyl (C=O) groups excluding carboxylic acids is 1. The van der Waals surface area contributed by atoms with E-state index in [1.165, 1.54) is 0 Å². The van der Waals surface area contributed by atoms with Crippen molar-refractivity contribution in [3.63, 3.8) is 0 Å². The van der Waals surface area contributed by atoms with Gasteiger partial charge in [0.15, 0.2) is 16.5 Å². The van der Waals surface area contributed by atoms with Crippen molar-refractivity contribution in [2.45, 2.75) is 11.1 Å². The third kappa shape index (κ3) is 4.12. The van der Waals surface area contributed by atoms with Crippen molar-refractivity contribution in [3.8, 4) is 5.75 Å². The summed E-state index contributed by atoms with van der Waals surface area (Å²) in [5, 5.41) is 0. The summed E-state index contributed by atoms with van der Waals surface area (Å²) in [5.74, 6) is -14.6. The standard InChI is InChI=1S/C14H4BrF7O5S/c15-4-1-2-5(6(3-4)14(20,21)22)13(23)27-11-7(16)9(18)12(28(24,25)26)10(19)8(11)17/h1-3H,(H,24,25,26). The zero-order chi connectivity index (χ0) is 21.6. The normalized spacial score (nSPS) is 12.2. The van der Waals surface area contributed by atoms with Crippen LogP contribution in [-0.4, -0.2) is 18.9 Å². The van der Waals surface area contributed by atoms with Gasteiger partial charge in [0.2, 0.25) is 17.4 Å². The molecule has 0 aromatic heterocycles. The van der Waals surface area contributed by atoms with Crippen LogP contribution >= 0.6 is 15.9 Å². The lowest BCUT2D eigenvalue weighted by Gasteiger charge is -2.14. The van der Waals surface area contributed by atoms with Gasteiger partial charge in [0, 0.05) is 4.47 Å². The Balaban J connectivity index is 2.61. The minimum Gasteiger partial charge on any atom is -0.416 e. The van der Waals surface area contributed by atoms with Crippen molar-refractivity contribution in [3.05, 3.63) is 57.1 Å². The van der Waals surface area contributed by atoms with Crippen LogP contribution in [0.15, 0.2) is 27.6 Å². The third-order valence-electron chi connectivity index (χ3n) is 3.14. The van der Waals surface area contributed by atoms with Crippen molar-refractivity contribution in [2.24, 2.45) is 0 Å². The molecule has 0 aliphatic rings. The first-order valence-electron chi connectivity index (χ1n) is 6.58. The lowest BCUT2D eigenvalue weighted by Crippen LogP contribution is -2.19. The van der Waals surface area contributed by atoms with Crippen LogP contribution in [0.3, 0.4) is 0 Å². The van der Waals surface area contributed by atoms with Crippen LogP contribution in [0.25, 0.3) is 0 Å². The highest BCUT2D eigenvalue weighted by molar-refractivity contribution is 9.10. The van der Waals surface area contributed by atoms with E-state index < -0.39 is 67.3 Å². The summed E-state index contributed by atoms with van der Waals surface area (Å²) >= 11 is 2.72. The molecule has 0 aliphatic carbocycles. The van der Waals surface area contributed by atoms with E-state index >= 15 is 0 Å². The predicted molar refractivity (Wildman–Crippen MR) is 80.2 cm³/mol. The lowest BCUT2D eigenvalue weighted by molar-refractivity contribution is -0.138. The molecule has 0 saturated heterocycles. The average Bonchev–Trinajstić information content (AvgIpc) is 2.54. The summed E-state index contributed by atoms with van der Waals surface area (Å²) in [6, 6.07) is 1.94. The van der Waals surface area contributed by atoms with Gasteiger partial charge in [-0.05, 0) is 18.2 Å². The zero-order valence-corrected chi connectivity index (χ0v) is 15.1. The second kappa shape index (κ2) is 7.33. The number of halogens is 8. The molecular weight excluding hydrogens is 493 g/mol. The third-order valence-corrected chi connectivity index (χ3v) is 4.51. The summed E-state index contributed by atoms with van der Waals surface area (Å²) in [6.07, 6.45) is -5.11. The number of alkyl halides is 3. The van der Waals surface area contributed by atoms with E-state index in [4.69, 9.17) is 4.55 Å². The number of carbonyl (C=O) groups is 1. The minimum atomic E-state index is -5.76. The first-order valence-corrected chi connectivity index (χ1v) is 8.82. The molecule has 2 aromatic rings. The van der Waals surface area contributed by atoms with Crippen molar-refractivity contribution >= 4 is 32.0 Å². The Labute approximate surface area is 159 Å². The lowest BCUT2D eigenvalue weighted by atomic mass is 10.1. The Morgan fingerprint density at radius 2 is 1.50 bits per heavy atom. The summed E-state index contributed by atoms with van der Waals surface area (Å²) in [4.78, 5) is 9.52. The number of hydrogen-bond acceptors (Lipinski definition) is 4. The second-order valence-electron chi connectivity index (χ2n) is 4.97. The van der Waals surface area contributed by atoms with Gasteiger partial charge in [0.05, 0.1) is 11.1 Å². The molecular formula is C14H4BrF7O5S. The number of ether oxygens (including phenoxy) is 1. The fourth-order valence-corrected chi connectivity index (χ4v) is 2.98. The van der Waals surface area contributed by atoms with Crippen molar-refractivity contribution in [1.82, 2.24) is 0 Å². The molecule has 5 nitrogen and oxygen atoms in total. The first-order chi connectivity index (χ1) is 12.7. The van der Waals surface area contributed by atoms with Gasteiger partial charge in [-0.1, -0.05) is 15.9 Å². The highest BCUT2D eigenvalue weighted by atomic mass is 79.9. The molecule has 0 bridgehead atoms. The van der Waals surface area contributed by atoms with Crippen LogP contribution in [-0.2, 0) is 16.3 Å². The van der Waals surface area contributed by atoms with Crippen molar-refractivity contribution in [2.75, 3.05) is 0 Å². The van der Waals surface area contributed by atoms with Gasteiger partial charge in [-0.2, -0.15) is 30.4 Å². The molecule has 0 aliphatic heterocycles. The van der Waals surface area contributed by atoms with E-state index in [9.17, 15) is 43.9 Å². The maximum absolute atomic E-state index is 13.8. The number of esters is 1. The van der Waals surface area contributed by atoms with Crippen LogP contribution in [0.1, 0.15) is 15.9 Å². The molecule has 2 rings (SSSR count). The number of hydrogen-bond donors (Lipinski definition) is 1. The Bertz CT molecular complexity index is 1050. The largest absolute Gasteiger partial charge is 0.417 e. The second-order valence-corrected chi connectivity index (χ2v) is 7.24. The zero-order valence-electron chi connectivity index (χ0n) is 12.7. The van der Waals surface area contributed by atoms with E-state index in [2.05, 4.69) is 20.7 Å². The molecule has 152 valence electrons. The van der Waals surface area contributed by atoms with Gasteiger partial charge in [0.1, 0.15) is 0 Å². The van der Waals surface area contributed by atoms with Crippen LogP contribution in [0, 0.1) is 23.3 Å². The maximum atomic E-state index is 13.8. The monoisotopic (exact) mass is 496 g/mol. The fraction of sp³-hybridized carbons (Fsp3) is 0.0714. The Kier molecular flexibility index (Phi) is 5.78. The summed E-state index contributed by atoms with van der Waals surface area (Å²) in [6.45, 7) is 0. The SMILES string of the molecule is O=C(Oc1c(F)c(F)c(S(=O)(=O)O)c(F)c1F)c1ccc(Br)cc1C(F)(F)F. The van der Waals surface area contributed by atoms with Crippen LogP contribution in [0.5, 0.6) is 5.75 Å². The van der Waals surface area contributed by atoms with Crippen LogP contribution in [0.4, 0.5) is 30.7 Å². The summed E-state index contributed by atoms with van der Waals surface area (Å²) in [7, 11) is -5.76. The Hall–Kier alpha value is -2.19. The van der Waals surface area contributed by atoms with Crippen molar-refractivity contribution in [1.29, 1.82) is 0 Å². The molecule has 0 heterocycles. The molecule has 0 fully saturated rings. The molecule has 0 unspecified atom stereocenters. The topological polar surface area (TPSA) is 80.7 Å². The number of rotatable bonds is 3. The average molecular weight is 497 g/mol. The molecule has 0 spiro atoms. The molecule has 28 heavy (non-hydrogen) atoms. The van der Waals surface area contributed by atoms with E-state index in [1.807, 2.05) is 0 Å². The summed E-state index contributed by atoms with van der Waals surface area (Å²) < 4.78 is 128. The highest BCUT2D eigenvalue weighted by Gasteiger charge is 2.38. The Morgan fingerprint density at radius 3 is 1.93 bits per heavy atom. The quantitative estimate of drug-likeness (QED) is 0.222. The van der Waals surface area contributed by atoms with E-state index in [0.29, 0.717) is 12.1 Å². The van der Waals surface area contributed by atoms with Crippen LogP contribution in [0.2, 0.25) is 0 Å². The molecule has 0 amide bonds. The van der Waals surface area contributed by atoms with E-state index in [-0.39, 0.29) is 4.47 Å². The molecule has 14 heteroatoms. The van der Waals surface area contributed by atoms with Gasteiger partial charge in [-0.15, -0.1) is 0 Å². The molecule has 0 atom stereocenters. The molecule has 1 N–H and O–H groups in total. The van der Waals surface area contributed by atoms with Gasteiger partial charge in [0.25, 0.3) is 0 Å². The first kappa shape index (κ1) is 22.1. The highest BCUT2D eigenvalue weighted by Crippen LogP contribution is 2.36. The van der Waals surface area contributed by atoms with Gasteiger partial charge in [-0.25, -0.2) is 13.6 Å². The smallest absolute Gasteiger partial charge is 0.416 e.